The van der Waals surface area contributed by atoms with Gasteiger partial charge in [0.15, 0.2) is 0 Å². The summed E-state index contributed by atoms with van der Waals surface area (Å²) in [4.78, 5) is 11.7. The van der Waals surface area contributed by atoms with Crippen LogP contribution >= 0.6 is 0 Å². The van der Waals surface area contributed by atoms with E-state index >= 15 is 0 Å². The maximum Gasteiger partial charge on any atom is 0.225 e. The number of rotatable bonds is 3. The van der Waals surface area contributed by atoms with Crippen LogP contribution in [0.3, 0.4) is 0 Å². The summed E-state index contributed by atoms with van der Waals surface area (Å²) in [6.45, 7) is 8.63. The Labute approximate surface area is 104 Å². The summed E-state index contributed by atoms with van der Waals surface area (Å²) in [6, 6.07) is 0. The van der Waals surface area contributed by atoms with Crippen LogP contribution in [0.1, 0.15) is 40.0 Å². The zero-order valence-electron chi connectivity index (χ0n) is 11.3. The molecule has 3 heteroatoms. The molecule has 1 aliphatic carbocycles. The summed E-state index contributed by atoms with van der Waals surface area (Å²) in [7, 11) is 0. The fraction of sp³-hybridized carbons (Fsp3) is 0.929. The maximum absolute atomic E-state index is 11.7. The van der Waals surface area contributed by atoms with Gasteiger partial charge in [-0.25, -0.2) is 0 Å². The van der Waals surface area contributed by atoms with E-state index in [0.29, 0.717) is 0 Å². The molecule has 0 aromatic carbocycles. The molecule has 1 amide bonds. The summed E-state index contributed by atoms with van der Waals surface area (Å²) in [5.41, 5.74) is -0.261. The molecule has 2 atom stereocenters. The zero-order chi connectivity index (χ0) is 12.5. The van der Waals surface area contributed by atoms with E-state index in [1.54, 1.807) is 0 Å². The average molecular weight is 239 g/mol. The number of carbonyl (C=O) groups is 1. The van der Waals surface area contributed by atoms with Crippen LogP contribution in [0.25, 0.3) is 0 Å². The van der Waals surface area contributed by atoms with Crippen molar-refractivity contribution in [2.24, 2.45) is 23.2 Å². The first kappa shape index (κ1) is 12.9. The van der Waals surface area contributed by atoms with Crippen molar-refractivity contribution in [1.82, 2.24) is 5.32 Å². The van der Waals surface area contributed by atoms with E-state index in [0.717, 1.165) is 37.5 Å². The Morgan fingerprint density at radius 2 is 1.94 bits per heavy atom. The third-order valence-corrected chi connectivity index (χ3v) is 4.05. The first-order valence-electron chi connectivity index (χ1n) is 6.84. The van der Waals surface area contributed by atoms with E-state index in [1.165, 1.54) is 19.3 Å². The smallest absolute Gasteiger partial charge is 0.225 e. The molecule has 2 rings (SSSR count). The van der Waals surface area contributed by atoms with Crippen molar-refractivity contribution in [2.75, 3.05) is 19.8 Å². The molecule has 98 valence electrons. The average Bonchev–Trinajstić information content (AvgIpc) is 3.05. The van der Waals surface area contributed by atoms with Gasteiger partial charge in [-0.15, -0.1) is 0 Å². The molecule has 0 aromatic rings. The van der Waals surface area contributed by atoms with Crippen LogP contribution in [-0.2, 0) is 9.53 Å². The minimum atomic E-state index is -0.261. The van der Waals surface area contributed by atoms with Crippen molar-refractivity contribution in [3.05, 3.63) is 0 Å². The summed E-state index contributed by atoms with van der Waals surface area (Å²) in [5.74, 6) is 2.60. The van der Waals surface area contributed by atoms with Crippen molar-refractivity contribution < 1.29 is 9.53 Å². The van der Waals surface area contributed by atoms with E-state index < -0.39 is 0 Å². The van der Waals surface area contributed by atoms with Gasteiger partial charge in [0.1, 0.15) is 0 Å². The Kier molecular flexibility index (Phi) is 3.76. The Balaban J connectivity index is 1.68. The van der Waals surface area contributed by atoms with Crippen molar-refractivity contribution in [1.29, 1.82) is 0 Å². The van der Waals surface area contributed by atoms with E-state index in [2.05, 4.69) is 5.32 Å². The molecule has 1 saturated carbocycles. The molecule has 3 nitrogen and oxygen atoms in total. The lowest BCUT2D eigenvalue weighted by Gasteiger charge is -2.22. The Hall–Kier alpha value is -0.570. The van der Waals surface area contributed by atoms with Crippen LogP contribution in [0.2, 0.25) is 0 Å². The lowest BCUT2D eigenvalue weighted by atomic mass is 9.93. The van der Waals surface area contributed by atoms with Crippen molar-refractivity contribution >= 4 is 5.91 Å². The SMILES string of the molecule is CC(C)(C)C(=O)NCC1CC1C1CCOCC1. The monoisotopic (exact) mass is 239 g/mol. The van der Waals surface area contributed by atoms with E-state index in [9.17, 15) is 4.79 Å². The van der Waals surface area contributed by atoms with Gasteiger partial charge in [-0.1, -0.05) is 20.8 Å². The van der Waals surface area contributed by atoms with E-state index in [1.807, 2.05) is 20.8 Å². The standard InChI is InChI=1S/C14H25NO2/c1-14(2,3)13(16)15-9-11-8-12(11)10-4-6-17-7-5-10/h10-12H,4-9H2,1-3H3,(H,15,16). The molecule has 17 heavy (non-hydrogen) atoms. The maximum atomic E-state index is 11.7. The molecule has 0 aromatic heterocycles. The normalized spacial score (nSPS) is 30.1. The summed E-state index contributed by atoms with van der Waals surface area (Å²) < 4.78 is 5.39. The number of hydrogen-bond acceptors (Lipinski definition) is 2. The summed E-state index contributed by atoms with van der Waals surface area (Å²) in [5, 5.41) is 3.08. The number of nitrogens with one attached hydrogen (secondary N) is 1. The third-order valence-electron chi connectivity index (χ3n) is 4.05. The highest BCUT2D eigenvalue weighted by Crippen LogP contribution is 2.47. The Morgan fingerprint density at radius 1 is 1.29 bits per heavy atom. The molecule has 1 N–H and O–H groups in total. The molecule has 2 unspecified atom stereocenters. The second-order valence-electron chi connectivity index (χ2n) is 6.57. The van der Waals surface area contributed by atoms with Crippen LogP contribution in [-0.4, -0.2) is 25.7 Å². The second-order valence-corrected chi connectivity index (χ2v) is 6.57. The lowest BCUT2D eigenvalue weighted by Crippen LogP contribution is -2.36. The van der Waals surface area contributed by atoms with Crippen LogP contribution < -0.4 is 5.32 Å². The van der Waals surface area contributed by atoms with Gasteiger partial charge in [-0.3, -0.25) is 4.79 Å². The minimum Gasteiger partial charge on any atom is -0.381 e. The molecular weight excluding hydrogens is 214 g/mol. The highest BCUT2D eigenvalue weighted by molar-refractivity contribution is 5.81. The van der Waals surface area contributed by atoms with Gasteiger partial charge in [0, 0.05) is 25.2 Å². The molecule has 1 aliphatic heterocycles. The van der Waals surface area contributed by atoms with Gasteiger partial charge in [0.05, 0.1) is 0 Å². The fourth-order valence-corrected chi connectivity index (χ4v) is 2.72. The highest BCUT2D eigenvalue weighted by Gasteiger charge is 2.43. The molecule has 1 heterocycles. The van der Waals surface area contributed by atoms with Gasteiger partial charge in [0.25, 0.3) is 0 Å². The van der Waals surface area contributed by atoms with Gasteiger partial charge >= 0.3 is 0 Å². The van der Waals surface area contributed by atoms with Gasteiger partial charge < -0.3 is 10.1 Å². The van der Waals surface area contributed by atoms with Crippen molar-refractivity contribution in [3.63, 3.8) is 0 Å². The van der Waals surface area contributed by atoms with Crippen LogP contribution in [0.15, 0.2) is 0 Å². The quantitative estimate of drug-likeness (QED) is 0.820. The van der Waals surface area contributed by atoms with Crippen molar-refractivity contribution in [3.8, 4) is 0 Å². The van der Waals surface area contributed by atoms with E-state index in [4.69, 9.17) is 4.74 Å². The topological polar surface area (TPSA) is 38.3 Å². The van der Waals surface area contributed by atoms with Crippen molar-refractivity contribution in [2.45, 2.75) is 40.0 Å². The molecule has 0 bridgehead atoms. The largest absolute Gasteiger partial charge is 0.381 e. The fourth-order valence-electron chi connectivity index (χ4n) is 2.72. The Morgan fingerprint density at radius 3 is 2.53 bits per heavy atom. The van der Waals surface area contributed by atoms with Crippen LogP contribution in [0.4, 0.5) is 0 Å². The van der Waals surface area contributed by atoms with E-state index in [-0.39, 0.29) is 11.3 Å². The summed E-state index contributed by atoms with van der Waals surface area (Å²) >= 11 is 0. The molecule has 1 saturated heterocycles. The van der Waals surface area contributed by atoms with Crippen LogP contribution in [0.5, 0.6) is 0 Å². The van der Waals surface area contributed by atoms with Crippen LogP contribution in [0, 0.1) is 23.2 Å². The van der Waals surface area contributed by atoms with Gasteiger partial charge in [-0.05, 0) is 37.0 Å². The second kappa shape index (κ2) is 4.97. The minimum absolute atomic E-state index is 0.176. The molecular formula is C14H25NO2. The molecule has 2 fully saturated rings. The number of ether oxygens (including phenoxy) is 1. The number of hydrogen-bond donors (Lipinski definition) is 1. The van der Waals surface area contributed by atoms with Gasteiger partial charge in [0.2, 0.25) is 5.91 Å². The lowest BCUT2D eigenvalue weighted by molar-refractivity contribution is -0.128. The van der Waals surface area contributed by atoms with Gasteiger partial charge in [-0.2, -0.15) is 0 Å². The number of carbonyl (C=O) groups excluding carboxylic acids is 1. The highest BCUT2D eigenvalue weighted by atomic mass is 16.5. The first-order chi connectivity index (χ1) is 7.98. The molecule has 2 aliphatic rings. The molecule has 0 radical (unpaired) electrons. The third kappa shape index (κ3) is 3.44. The first-order valence-corrected chi connectivity index (χ1v) is 6.84. The summed E-state index contributed by atoms with van der Waals surface area (Å²) in [6.07, 6.45) is 3.73. The number of amides is 1. The zero-order valence-corrected chi connectivity index (χ0v) is 11.3. The predicted octanol–water partition coefficient (Wildman–Crippen LogP) is 2.21. The predicted molar refractivity (Wildman–Crippen MR) is 67.6 cm³/mol. The Bertz CT molecular complexity index is 276. The molecule has 0 spiro atoms.